The Balaban J connectivity index is 1.38. The summed E-state index contributed by atoms with van der Waals surface area (Å²) in [6.07, 6.45) is -0.650. The number of carbonyl (C=O) groups is 2. The summed E-state index contributed by atoms with van der Waals surface area (Å²) < 4.78 is 45.8. The molecule has 12 nitrogen and oxygen atoms in total. The molecule has 0 saturated heterocycles. The molecule has 0 aliphatic carbocycles. The lowest BCUT2D eigenvalue weighted by Crippen LogP contribution is -2.48. The van der Waals surface area contributed by atoms with E-state index >= 15 is 0 Å². The molecule has 45 heavy (non-hydrogen) atoms. The number of ether oxygens (including phenoxy) is 3. The van der Waals surface area contributed by atoms with Gasteiger partial charge in [0.15, 0.2) is 11.5 Å². The smallest absolute Gasteiger partial charge is 0.321 e. The predicted molar refractivity (Wildman–Crippen MR) is 168 cm³/mol. The summed E-state index contributed by atoms with van der Waals surface area (Å²) in [5, 5.41) is 13.2. The van der Waals surface area contributed by atoms with E-state index in [-0.39, 0.29) is 61.3 Å². The molecule has 5 rings (SSSR count). The van der Waals surface area contributed by atoms with Gasteiger partial charge in [-0.15, -0.1) is 0 Å². The minimum absolute atomic E-state index is 0.0293. The number of rotatable bonds is 8. The van der Waals surface area contributed by atoms with Gasteiger partial charge < -0.3 is 34.4 Å². The molecule has 0 aromatic heterocycles. The third-order valence-electron chi connectivity index (χ3n) is 7.72. The zero-order valence-electron chi connectivity index (χ0n) is 25.0. The maximum absolute atomic E-state index is 13.5. The first-order valence-electron chi connectivity index (χ1n) is 14.3. The molecule has 3 aromatic carbocycles. The SMILES string of the molecule is C[C@@H]1CN([C@H](C)CO)C(=O)Cc2cc(NS(=O)(=O)c3ccc(Cl)cc3)ccc2O[C@H]1CN(C)C(=O)Nc1ccc2c(c1)OCO2. The van der Waals surface area contributed by atoms with Gasteiger partial charge in [-0.1, -0.05) is 18.5 Å². The van der Waals surface area contributed by atoms with Crippen molar-refractivity contribution in [2.45, 2.75) is 37.3 Å². The Morgan fingerprint density at radius 2 is 1.76 bits per heavy atom. The van der Waals surface area contributed by atoms with Crippen LogP contribution < -0.4 is 24.2 Å². The number of fused-ring (bicyclic) bond motifs is 2. The number of urea groups is 1. The highest BCUT2D eigenvalue weighted by molar-refractivity contribution is 7.92. The van der Waals surface area contributed by atoms with Gasteiger partial charge in [0.05, 0.1) is 30.5 Å². The van der Waals surface area contributed by atoms with Crippen molar-refractivity contribution in [3.63, 3.8) is 0 Å². The van der Waals surface area contributed by atoms with E-state index in [1.807, 2.05) is 6.92 Å². The fraction of sp³-hybridized carbons (Fsp3) is 0.355. The van der Waals surface area contributed by atoms with Crippen LogP contribution in [0, 0.1) is 5.92 Å². The standard InChI is InChI=1S/C31H35ClN4O8S/c1-19-15-36(20(2)17-37)30(38)13-21-12-24(34-45(40,41)25-8-4-22(32)5-9-25)7-10-26(21)44-29(19)16-35(3)31(39)33-23-6-11-27-28(14-23)43-18-42-27/h4-12,14,19-20,29,34,37H,13,15-18H2,1-3H3,(H,33,39)/t19-,20-,29+/m1/s1. The van der Waals surface area contributed by atoms with Crippen LogP contribution in [0.25, 0.3) is 0 Å². The largest absolute Gasteiger partial charge is 0.488 e. The normalized spacial score (nSPS) is 18.5. The summed E-state index contributed by atoms with van der Waals surface area (Å²) >= 11 is 5.91. The lowest BCUT2D eigenvalue weighted by molar-refractivity contribution is -0.134. The number of aliphatic hydroxyl groups excluding tert-OH is 1. The Hall–Kier alpha value is -4.20. The zero-order valence-corrected chi connectivity index (χ0v) is 26.6. The Labute approximate surface area is 266 Å². The second-order valence-electron chi connectivity index (χ2n) is 11.1. The van der Waals surface area contributed by atoms with Crippen molar-refractivity contribution in [1.29, 1.82) is 0 Å². The second-order valence-corrected chi connectivity index (χ2v) is 13.3. The highest BCUT2D eigenvalue weighted by Crippen LogP contribution is 2.34. The monoisotopic (exact) mass is 658 g/mol. The average Bonchev–Trinajstić information content (AvgIpc) is 3.48. The van der Waals surface area contributed by atoms with E-state index < -0.39 is 22.2 Å². The van der Waals surface area contributed by atoms with Crippen molar-refractivity contribution >= 4 is 44.9 Å². The van der Waals surface area contributed by atoms with Gasteiger partial charge in [0.1, 0.15) is 11.9 Å². The van der Waals surface area contributed by atoms with E-state index in [9.17, 15) is 23.1 Å². The molecule has 0 spiro atoms. The highest BCUT2D eigenvalue weighted by Gasteiger charge is 2.32. The van der Waals surface area contributed by atoms with Crippen molar-refractivity contribution in [2.24, 2.45) is 5.92 Å². The van der Waals surface area contributed by atoms with Crippen LogP contribution in [-0.4, -0.2) is 80.9 Å². The van der Waals surface area contributed by atoms with Crippen LogP contribution in [0.2, 0.25) is 5.02 Å². The number of anilines is 2. The number of nitrogens with one attached hydrogen (secondary N) is 2. The average molecular weight is 659 g/mol. The van der Waals surface area contributed by atoms with Gasteiger partial charge in [0.25, 0.3) is 10.0 Å². The maximum atomic E-state index is 13.5. The van der Waals surface area contributed by atoms with Gasteiger partial charge in [-0.05, 0) is 61.5 Å². The van der Waals surface area contributed by atoms with Crippen LogP contribution in [0.3, 0.4) is 0 Å². The summed E-state index contributed by atoms with van der Waals surface area (Å²) in [4.78, 5) is 29.8. The number of sulfonamides is 1. The van der Waals surface area contributed by atoms with E-state index in [2.05, 4.69) is 10.0 Å². The molecule has 2 heterocycles. The first-order chi connectivity index (χ1) is 21.4. The molecule has 3 atom stereocenters. The zero-order chi connectivity index (χ0) is 32.3. The van der Waals surface area contributed by atoms with Gasteiger partial charge in [-0.2, -0.15) is 0 Å². The van der Waals surface area contributed by atoms with Crippen LogP contribution in [0.15, 0.2) is 65.6 Å². The molecule has 2 aliphatic rings. The van der Waals surface area contributed by atoms with Gasteiger partial charge in [-0.3, -0.25) is 9.52 Å². The molecular formula is C31H35ClN4O8S. The molecular weight excluding hydrogens is 624 g/mol. The number of hydrogen-bond donors (Lipinski definition) is 3. The van der Waals surface area contributed by atoms with E-state index in [1.165, 1.54) is 29.2 Å². The van der Waals surface area contributed by atoms with Gasteiger partial charge >= 0.3 is 6.03 Å². The number of carbonyl (C=O) groups excluding carboxylic acids is 2. The van der Waals surface area contributed by atoms with Crippen LogP contribution in [-0.2, 0) is 21.2 Å². The fourth-order valence-corrected chi connectivity index (χ4v) is 6.26. The third-order valence-corrected chi connectivity index (χ3v) is 9.37. The van der Waals surface area contributed by atoms with Crippen molar-refractivity contribution in [3.05, 3.63) is 71.2 Å². The van der Waals surface area contributed by atoms with Crippen molar-refractivity contribution in [1.82, 2.24) is 9.80 Å². The van der Waals surface area contributed by atoms with Gasteiger partial charge in [0.2, 0.25) is 12.7 Å². The predicted octanol–water partition coefficient (Wildman–Crippen LogP) is 4.18. The maximum Gasteiger partial charge on any atom is 0.321 e. The summed E-state index contributed by atoms with van der Waals surface area (Å²) in [7, 11) is -2.30. The Morgan fingerprint density at radius 1 is 1.07 bits per heavy atom. The second kappa shape index (κ2) is 13.4. The number of amides is 3. The highest BCUT2D eigenvalue weighted by atomic mass is 35.5. The van der Waals surface area contributed by atoms with E-state index in [4.69, 9.17) is 25.8 Å². The molecule has 14 heteroatoms. The quantitative estimate of drug-likeness (QED) is 0.327. The molecule has 0 saturated carbocycles. The number of halogens is 1. The number of aliphatic hydroxyl groups is 1. The lowest BCUT2D eigenvalue weighted by Gasteiger charge is -2.34. The van der Waals surface area contributed by atoms with E-state index in [0.29, 0.717) is 33.5 Å². The summed E-state index contributed by atoms with van der Waals surface area (Å²) in [6.45, 7) is 3.98. The third kappa shape index (κ3) is 7.55. The number of likely N-dealkylation sites (N-methyl/N-ethyl adjacent to an activating group) is 1. The molecule has 2 aliphatic heterocycles. The Kier molecular flexibility index (Phi) is 9.61. The number of benzene rings is 3. The molecule has 0 unspecified atom stereocenters. The molecule has 0 fully saturated rings. The summed E-state index contributed by atoms with van der Waals surface area (Å²) in [5.74, 6) is 1.03. The van der Waals surface area contributed by atoms with Crippen LogP contribution in [0.5, 0.6) is 17.2 Å². The number of nitrogens with zero attached hydrogens (tertiary/aromatic N) is 2. The van der Waals surface area contributed by atoms with Crippen molar-refractivity contribution < 1.29 is 37.3 Å². The van der Waals surface area contributed by atoms with Crippen LogP contribution >= 0.6 is 11.6 Å². The number of hydrogen-bond acceptors (Lipinski definition) is 8. The first kappa shape index (κ1) is 32.2. The Bertz CT molecular complexity index is 1670. The van der Waals surface area contributed by atoms with E-state index in [0.717, 1.165) is 0 Å². The minimum Gasteiger partial charge on any atom is -0.488 e. The molecule has 0 radical (unpaired) electrons. The first-order valence-corrected chi connectivity index (χ1v) is 16.2. The fourth-order valence-electron chi connectivity index (χ4n) is 5.08. The molecule has 3 aromatic rings. The van der Waals surface area contributed by atoms with Gasteiger partial charge in [0, 0.05) is 47.5 Å². The molecule has 240 valence electrons. The van der Waals surface area contributed by atoms with Crippen LogP contribution in [0.4, 0.5) is 16.2 Å². The topological polar surface area (TPSA) is 147 Å². The van der Waals surface area contributed by atoms with Crippen molar-refractivity contribution in [2.75, 3.05) is 43.6 Å². The lowest BCUT2D eigenvalue weighted by atomic mass is 10.0. The van der Waals surface area contributed by atoms with Crippen LogP contribution in [0.1, 0.15) is 19.4 Å². The summed E-state index contributed by atoms with van der Waals surface area (Å²) in [5.41, 5.74) is 1.23. The van der Waals surface area contributed by atoms with E-state index in [1.54, 1.807) is 55.3 Å². The van der Waals surface area contributed by atoms with Gasteiger partial charge in [-0.25, -0.2) is 13.2 Å². The minimum atomic E-state index is -3.94. The summed E-state index contributed by atoms with van der Waals surface area (Å²) in [6, 6.07) is 14.8. The molecule has 3 N–H and O–H groups in total. The van der Waals surface area contributed by atoms with Crippen molar-refractivity contribution in [3.8, 4) is 17.2 Å². The molecule has 0 bridgehead atoms. The molecule has 3 amide bonds. The Morgan fingerprint density at radius 3 is 2.49 bits per heavy atom.